The number of carboxylic acid groups (broad SMARTS) is 1. The summed E-state index contributed by atoms with van der Waals surface area (Å²) in [6.07, 6.45) is -0.396. The molecule has 0 saturated heterocycles. The highest BCUT2D eigenvalue weighted by molar-refractivity contribution is 14.1. The first-order chi connectivity index (χ1) is 12.7. The van der Waals surface area contributed by atoms with Crippen LogP contribution in [0.4, 0.5) is 4.79 Å². The second kappa shape index (κ2) is 9.21. The molecule has 1 amide bonds. The Bertz CT molecular complexity index is 814. The van der Waals surface area contributed by atoms with E-state index in [0.29, 0.717) is 6.42 Å². The smallest absolute Gasteiger partial charge is 0.407 e. The van der Waals surface area contributed by atoms with E-state index in [1.54, 1.807) is 20.8 Å². The predicted octanol–water partition coefficient (Wildman–Crippen LogP) is 4.87. The highest BCUT2D eigenvalue weighted by atomic mass is 127. The molecule has 0 fully saturated rings. The summed E-state index contributed by atoms with van der Waals surface area (Å²) >= 11 is 2.28. The number of carbonyl (C=O) groups excluding carboxylic acids is 1. The largest absolute Gasteiger partial charge is 0.481 e. The topological polar surface area (TPSA) is 75.6 Å². The molecule has 0 aliphatic carbocycles. The average Bonchev–Trinajstić information content (AvgIpc) is 2.53. The zero-order valence-corrected chi connectivity index (χ0v) is 17.8. The van der Waals surface area contributed by atoms with E-state index in [-0.39, 0.29) is 6.42 Å². The Hall–Kier alpha value is -2.09. The van der Waals surface area contributed by atoms with E-state index in [2.05, 4.69) is 27.9 Å². The van der Waals surface area contributed by atoms with Gasteiger partial charge in [-0.1, -0.05) is 42.5 Å². The summed E-state index contributed by atoms with van der Waals surface area (Å²) in [5, 5.41) is 11.9. The Kier molecular flexibility index (Phi) is 7.24. The van der Waals surface area contributed by atoms with Crippen molar-refractivity contribution < 1.29 is 19.4 Å². The minimum atomic E-state index is -0.970. The number of ether oxygens (including phenoxy) is 1. The molecule has 2 rings (SSSR count). The zero-order chi connectivity index (χ0) is 20.0. The van der Waals surface area contributed by atoms with Crippen molar-refractivity contribution in [2.75, 3.05) is 0 Å². The fourth-order valence-corrected chi connectivity index (χ4v) is 3.44. The first-order valence-electron chi connectivity index (χ1n) is 8.70. The normalized spacial score (nSPS) is 12.3. The molecule has 0 aromatic heterocycles. The number of hydrogen-bond acceptors (Lipinski definition) is 3. The highest BCUT2D eigenvalue weighted by Crippen LogP contribution is 2.29. The van der Waals surface area contributed by atoms with Gasteiger partial charge in [-0.05, 0) is 72.5 Å². The van der Waals surface area contributed by atoms with Crippen molar-refractivity contribution in [3.05, 3.63) is 57.7 Å². The fourth-order valence-electron chi connectivity index (χ4n) is 2.77. The molecule has 0 bridgehead atoms. The van der Waals surface area contributed by atoms with Crippen LogP contribution in [-0.4, -0.2) is 28.8 Å². The first kappa shape index (κ1) is 21.2. The summed E-state index contributed by atoms with van der Waals surface area (Å²) < 4.78 is 6.39. The number of nitrogens with one attached hydrogen (secondary N) is 1. The quantitative estimate of drug-likeness (QED) is 0.578. The standard InChI is InChI=1S/C21H24INO4/c1-21(2,3)27-20(26)23-15(13-19(24)25)12-14-8-4-5-9-16(14)17-10-6-7-11-18(17)22/h4-11,15H,12-13H2,1-3H3,(H,23,26)(H,24,25). The second-order valence-corrected chi connectivity index (χ2v) is 8.44. The van der Waals surface area contributed by atoms with Gasteiger partial charge < -0.3 is 15.2 Å². The van der Waals surface area contributed by atoms with E-state index in [4.69, 9.17) is 4.74 Å². The third-order valence-electron chi connectivity index (χ3n) is 3.79. The zero-order valence-electron chi connectivity index (χ0n) is 15.7. The molecule has 27 heavy (non-hydrogen) atoms. The maximum Gasteiger partial charge on any atom is 0.407 e. The number of carboxylic acids is 1. The van der Waals surface area contributed by atoms with Gasteiger partial charge in [-0.3, -0.25) is 4.79 Å². The summed E-state index contributed by atoms with van der Waals surface area (Å²) in [7, 11) is 0. The molecule has 1 atom stereocenters. The molecule has 0 radical (unpaired) electrons. The maximum atomic E-state index is 12.1. The van der Waals surface area contributed by atoms with Gasteiger partial charge in [0.15, 0.2) is 0 Å². The van der Waals surface area contributed by atoms with Crippen molar-refractivity contribution in [2.24, 2.45) is 0 Å². The molecule has 144 valence electrons. The van der Waals surface area contributed by atoms with Crippen molar-refractivity contribution in [3.63, 3.8) is 0 Å². The summed E-state index contributed by atoms with van der Waals surface area (Å²) in [5.41, 5.74) is 2.45. The summed E-state index contributed by atoms with van der Waals surface area (Å²) in [6.45, 7) is 5.31. The minimum absolute atomic E-state index is 0.181. The lowest BCUT2D eigenvalue weighted by atomic mass is 9.94. The molecule has 2 aromatic carbocycles. The van der Waals surface area contributed by atoms with Crippen molar-refractivity contribution in [3.8, 4) is 11.1 Å². The molecule has 0 heterocycles. The number of benzene rings is 2. The van der Waals surface area contributed by atoms with Crippen LogP contribution in [0.2, 0.25) is 0 Å². The SMILES string of the molecule is CC(C)(C)OC(=O)NC(CC(=O)O)Cc1ccccc1-c1ccccc1I. The lowest BCUT2D eigenvalue weighted by molar-refractivity contribution is -0.137. The molecule has 1 unspecified atom stereocenters. The number of aliphatic carboxylic acids is 1. The molecule has 0 aliphatic rings. The number of halogens is 1. The van der Waals surface area contributed by atoms with Gasteiger partial charge in [-0.2, -0.15) is 0 Å². The van der Waals surface area contributed by atoms with Gasteiger partial charge in [0, 0.05) is 9.61 Å². The fraction of sp³-hybridized carbons (Fsp3) is 0.333. The van der Waals surface area contributed by atoms with E-state index in [0.717, 1.165) is 20.3 Å². The molecule has 0 spiro atoms. The number of carbonyl (C=O) groups is 2. The van der Waals surface area contributed by atoms with Gasteiger partial charge in [0.05, 0.1) is 6.42 Å². The van der Waals surface area contributed by atoms with Gasteiger partial charge in [0.25, 0.3) is 0 Å². The first-order valence-corrected chi connectivity index (χ1v) is 9.77. The van der Waals surface area contributed by atoms with Crippen molar-refractivity contribution >= 4 is 34.7 Å². The minimum Gasteiger partial charge on any atom is -0.481 e. The van der Waals surface area contributed by atoms with Gasteiger partial charge in [-0.25, -0.2) is 4.79 Å². The maximum absolute atomic E-state index is 12.1. The lowest BCUT2D eigenvalue weighted by Gasteiger charge is -2.23. The third kappa shape index (κ3) is 6.86. The predicted molar refractivity (Wildman–Crippen MR) is 114 cm³/mol. The molecule has 2 N–H and O–H groups in total. The van der Waals surface area contributed by atoms with Crippen LogP contribution < -0.4 is 5.32 Å². The van der Waals surface area contributed by atoms with Gasteiger partial charge in [-0.15, -0.1) is 0 Å². The van der Waals surface area contributed by atoms with Gasteiger partial charge in [0.1, 0.15) is 5.60 Å². The lowest BCUT2D eigenvalue weighted by Crippen LogP contribution is -2.41. The van der Waals surface area contributed by atoms with Crippen molar-refractivity contribution in [1.29, 1.82) is 0 Å². The van der Waals surface area contributed by atoms with E-state index in [9.17, 15) is 14.7 Å². The Morgan fingerprint density at radius 3 is 2.26 bits per heavy atom. The van der Waals surface area contributed by atoms with Crippen LogP contribution >= 0.6 is 22.6 Å². The Labute approximate surface area is 173 Å². The van der Waals surface area contributed by atoms with Crippen LogP contribution in [0.25, 0.3) is 11.1 Å². The Balaban J connectivity index is 2.26. The Morgan fingerprint density at radius 1 is 1.07 bits per heavy atom. The van der Waals surface area contributed by atoms with Crippen LogP contribution in [-0.2, 0) is 16.0 Å². The highest BCUT2D eigenvalue weighted by Gasteiger charge is 2.22. The third-order valence-corrected chi connectivity index (χ3v) is 4.73. The van der Waals surface area contributed by atoms with Gasteiger partial charge in [0.2, 0.25) is 0 Å². The molecule has 2 aromatic rings. The molecule has 6 heteroatoms. The van der Waals surface area contributed by atoms with E-state index >= 15 is 0 Å². The second-order valence-electron chi connectivity index (χ2n) is 7.28. The molecule has 0 aliphatic heterocycles. The molecular weight excluding hydrogens is 457 g/mol. The summed E-state index contributed by atoms with van der Waals surface area (Å²) in [6, 6.07) is 15.3. The van der Waals surface area contributed by atoms with Gasteiger partial charge >= 0.3 is 12.1 Å². The van der Waals surface area contributed by atoms with Crippen molar-refractivity contribution in [2.45, 2.75) is 45.3 Å². The van der Waals surface area contributed by atoms with E-state index in [1.807, 2.05) is 48.5 Å². The Morgan fingerprint density at radius 2 is 1.67 bits per heavy atom. The van der Waals surface area contributed by atoms with Crippen LogP contribution in [0.15, 0.2) is 48.5 Å². The average molecular weight is 481 g/mol. The van der Waals surface area contributed by atoms with Crippen LogP contribution in [0, 0.1) is 3.57 Å². The number of amides is 1. The number of alkyl carbamates (subject to hydrolysis) is 1. The van der Waals surface area contributed by atoms with Crippen LogP contribution in [0.1, 0.15) is 32.8 Å². The molecular formula is C21H24INO4. The molecule has 5 nitrogen and oxygen atoms in total. The summed E-state index contributed by atoms with van der Waals surface area (Å²) in [5.74, 6) is -0.970. The monoisotopic (exact) mass is 481 g/mol. The molecule has 0 saturated carbocycles. The van der Waals surface area contributed by atoms with Crippen LogP contribution in [0.5, 0.6) is 0 Å². The van der Waals surface area contributed by atoms with E-state index in [1.165, 1.54) is 0 Å². The van der Waals surface area contributed by atoms with Crippen LogP contribution in [0.3, 0.4) is 0 Å². The number of hydrogen-bond donors (Lipinski definition) is 2. The number of rotatable bonds is 6. The van der Waals surface area contributed by atoms with E-state index < -0.39 is 23.7 Å². The van der Waals surface area contributed by atoms with Crippen molar-refractivity contribution in [1.82, 2.24) is 5.32 Å². The summed E-state index contributed by atoms with van der Waals surface area (Å²) in [4.78, 5) is 23.4.